The van der Waals surface area contributed by atoms with E-state index in [1.165, 1.54) is 6.20 Å². The monoisotopic (exact) mass is 404 g/mol. The number of hydrogen-bond donors (Lipinski definition) is 2. The first-order valence-corrected chi connectivity index (χ1v) is 7.39. The molecular weight excluding hydrogens is 391 g/mol. The normalized spacial score (nSPS) is 10.8. The van der Waals surface area contributed by atoms with Crippen LogP contribution in [0.25, 0.3) is 0 Å². The number of nitrogen functional groups attached to an aromatic ring is 2. The van der Waals surface area contributed by atoms with Crippen molar-refractivity contribution in [3.8, 4) is 11.5 Å². The maximum Gasteiger partial charge on any atom is 0.222 e. The molecule has 7 heteroatoms. The highest BCUT2D eigenvalue weighted by Crippen LogP contribution is 2.36. The second-order valence-corrected chi connectivity index (χ2v) is 6.11. The molecule has 4 N–H and O–H groups in total. The molecule has 0 aliphatic heterocycles. The van der Waals surface area contributed by atoms with Crippen LogP contribution in [0, 0.1) is 3.57 Å². The summed E-state index contributed by atoms with van der Waals surface area (Å²) in [4.78, 5) is 7.76. The van der Waals surface area contributed by atoms with Gasteiger partial charge in [0, 0.05) is 3.57 Å². The smallest absolute Gasteiger partial charge is 0.222 e. The first kappa shape index (κ1) is 15.1. The van der Waals surface area contributed by atoms with Gasteiger partial charge in [0.25, 0.3) is 0 Å². The van der Waals surface area contributed by atoms with Crippen molar-refractivity contribution in [3.05, 3.63) is 32.5 Å². The van der Waals surface area contributed by atoms with Gasteiger partial charge < -0.3 is 16.2 Å². The van der Waals surface area contributed by atoms with E-state index >= 15 is 0 Å². The van der Waals surface area contributed by atoms with Crippen molar-refractivity contribution in [2.45, 2.75) is 19.8 Å². The molecule has 1 heterocycles. The molecule has 0 saturated heterocycles. The van der Waals surface area contributed by atoms with Crippen molar-refractivity contribution in [3.63, 3.8) is 0 Å². The highest BCUT2D eigenvalue weighted by Gasteiger charge is 2.14. The minimum Gasteiger partial charge on any atom is -0.452 e. The summed E-state index contributed by atoms with van der Waals surface area (Å²) in [6.07, 6.45) is 1.46. The van der Waals surface area contributed by atoms with E-state index in [0.717, 1.165) is 9.13 Å². The molecule has 1 aromatic heterocycles. The van der Waals surface area contributed by atoms with Crippen LogP contribution in [-0.4, -0.2) is 9.97 Å². The van der Waals surface area contributed by atoms with Gasteiger partial charge in [-0.15, -0.1) is 0 Å². The predicted molar refractivity (Wildman–Crippen MR) is 89.2 cm³/mol. The molecule has 2 aromatic rings. The number of rotatable bonds is 3. The van der Waals surface area contributed by atoms with Crippen LogP contribution in [0.2, 0.25) is 5.02 Å². The summed E-state index contributed by atoms with van der Waals surface area (Å²) in [5.41, 5.74) is 12.2. The third-order valence-electron chi connectivity index (χ3n) is 2.70. The number of halogens is 2. The van der Waals surface area contributed by atoms with E-state index in [1.54, 1.807) is 0 Å². The number of ether oxygens (including phenoxy) is 1. The van der Waals surface area contributed by atoms with Crippen molar-refractivity contribution < 1.29 is 4.74 Å². The van der Waals surface area contributed by atoms with Crippen LogP contribution in [0.4, 0.5) is 11.8 Å². The number of nitrogens with two attached hydrogens (primary N) is 2. The van der Waals surface area contributed by atoms with Gasteiger partial charge in [0.05, 0.1) is 11.2 Å². The van der Waals surface area contributed by atoms with Crippen molar-refractivity contribution in [1.29, 1.82) is 0 Å². The zero-order valence-corrected chi connectivity index (χ0v) is 13.9. The largest absolute Gasteiger partial charge is 0.452 e. The van der Waals surface area contributed by atoms with Crippen LogP contribution in [0.5, 0.6) is 11.5 Å². The Labute approximate surface area is 135 Å². The molecule has 0 fully saturated rings. The summed E-state index contributed by atoms with van der Waals surface area (Å²) in [5.74, 6) is 1.64. The molecule has 106 valence electrons. The van der Waals surface area contributed by atoms with Gasteiger partial charge in [0.15, 0.2) is 11.6 Å². The molecule has 5 nitrogen and oxygen atoms in total. The fourth-order valence-corrected chi connectivity index (χ4v) is 2.29. The van der Waals surface area contributed by atoms with Crippen LogP contribution < -0.4 is 16.2 Å². The first-order chi connectivity index (χ1) is 9.38. The van der Waals surface area contributed by atoms with Crippen LogP contribution in [0.3, 0.4) is 0 Å². The first-order valence-electron chi connectivity index (χ1n) is 5.93. The number of benzene rings is 1. The standard InChI is InChI=1S/C13H14ClIN4O/c1-6(2)7-3-8(14)9(15)4-10(7)20-11-5-18-13(17)19-12(11)16/h3-6H,1-2H3,(H4,16,17,18,19). The number of anilines is 2. The lowest BCUT2D eigenvalue weighted by Gasteiger charge is -2.15. The minimum atomic E-state index is 0.115. The highest BCUT2D eigenvalue weighted by atomic mass is 127. The zero-order valence-electron chi connectivity index (χ0n) is 11.0. The molecule has 0 aliphatic rings. The van der Waals surface area contributed by atoms with Gasteiger partial charge in [-0.25, -0.2) is 4.98 Å². The van der Waals surface area contributed by atoms with Gasteiger partial charge in [-0.3, -0.25) is 0 Å². The molecule has 0 radical (unpaired) electrons. The molecular formula is C13H14ClIN4O. The number of aromatic nitrogens is 2. The van der Waals surface area contributed by atoms with E-state index < -0.39 is 0 Å². The lowest BCUT2D eigenvalue weighted by Crippen LogP contribution is -2.03. The van der Waals surface area contributed by atoms with Crippen LogP contribution in [-0.2, 0) is 0 Å². The topological polar surface area (TPSA) is 87.0 Å². The van der Waals surface area contributed by atoms with E-state index in [1.807, 2.05) is 12.1 Å². The van der Waals surface area contributed by atoms with E-state index in [0.29, 0.717) is 16.5 Å². The average Bonchev–Trinajstić information content (AvgIpc) is 2.36. The molecule has 0 spiro atoms. The third kappa shape index (κ3) is 3.24. The van der Waals surface area contributed by atoms with E-state index in [9.17, 15) is 0 Å². The van der Waals surface area contributed by atoms with Gasteiger partial charge in [-0.05, 0) is 46.2 Å². The summed E-state index contributed by atoms with van der Waals surface area (Å²) in [7, 11) is 0. The van der Waals surface area contributed by atoms with E-state index in [-0.39, 0.29) is 17.7 Å². The van der Waals surface area contributed by atoms with Crippen LogP contribution in [0.15, 0.2) is 18.3 Å². The minimum absolute atomic E-state index is 0.115. The summed E-state index contributed by atoms with van der Waals surface area (Å²) in [5, 5.41) is 0.697. The van der Waals surface area contributed by atoms with Crippen LogP contribution >= 0.6 is 34.2 Å². The maximum absolute atomic E-state index is 6.16. The van der Waals surface area contributed by atoms with Gasteiger partial charge in [0.1, 0.15) is 5.75 Å². The lowest BCUT2D eigenvalue weighted by molar-refractivity contribution is 0.471. The average molecular weight is 405 g/mol. The second-order valence-electron chi connectivity index (χ2n) is 4.54. The Morgan fingerprint density at radius 2 is 1.95 bits per heavy atom. The molecule has 0 amide bonds. The molecule has 0 saturated carbocycles. The molecule has 0 atom stereocenters. The number of hydrogen-bond acceptors (Lipinski definition) is 5. The summed E-state index contributed by atoms with van der Waals surface area (Å²) >= 11 is 8.31. The van der Waals surface area contributed by atoms with Gasteiger partial charge in [-0.2, -0.15) is 4.98 Å². The van der Waals surface area contributed by atoms with E-state index in [4.69, 9.17) is 27.8 Å². The Balaban J connectivity index is 2.44. The second kappa shape index (κ2) is 6.01. The lowest BCUT2D eigenvalue weighted by atomic mass is 10.0. The summed E-state index contributed by atoms with van der Waals surface area (Å²) in [6.45, 7) is 4.13. The Morgan fingerprint density at radius 3 is 2.55 bits per heavy atom. The molecule has 0 aliphatic carbocycles. The number of nitrogens with zero attached hydrogens (tertiary/aromatic N) is 2. The Kier molecular flexibility index (Phi) is 4.54. The van der Waals surface area contributed by atoms with Gasteiger partial charge in [-0.1, -0.05) is 25.4 Å². The third-order valence-corrected chi connectivity index (χ3v) is 4.22. The maximum atomic E-state index is 6.16. The van der Waals surface area contributed by atoms with Gasteiger partial charge >= 0.3 is 0 Å². The SMILES string of the molecule is CC(C)c1cc(Cl)c(I)cc1Oc1cnc(N)nc1N. The summed E-state index contributed by atoms with van der Waals surface area (Å²) in [6, 6.07) is 3.77. The Bertz CT molecular complexity index is 649. The van der Waals surface area contributed by atoms with Crippen LogP contribution in [0.1, 0.15) is 25.3 Å². The molecule has 20 heavy (non-hydrogen) atoms. The molecule has 0 unspecified atom stereocenters. The fraction of sp³-hybridized carbons (Fsp3) is 0.231. The van der Waals surface area contributed by atoms with Crippen molar-refractivity contribution >= 4 is 46.0 Å². The van der Waals surface area contributed by atoms with E-state index in [2.05, 4.69) is 46.4 Å². The summed E-state index contributed by atoms with van der Waals surface area (Å²) < 4.78 is 6.72. The van der Waals surface area contributed by atoms with Crippen molar-refractivity contribution in [2.24, 2.45) is 0 Å². The Morgan fingerprint density at radius 1 is 1.25 bits per heavy atom. The van der Waals surface area contributed by atoms with Crippen molar-refractivity contribution in [2.75, 3.05) is 11.5 Å². The van der Waals surface area contributed by atoms with Gasteiger partial charge in [0.2, 0.25) is 5.95 Å². The molecule has 2 rings (SSSR count). The molecule has 0 bridgehead atoms. The van der Waals surface area contributed by atoms with Crippen molar-refractivity contribution in [1.82, 2.24) is 9.97 Å². The Hall–Kier alpha value is -1.28. The zero-order chi connectivity index (χ0) is 14.9. The molecule has 1 aromatic carbocycles. The fourth-order valence-electron chi connectivity index (χ4n) is 1.68. The quantitative estimate of drug-likeness (QED) is 0.760. The predicted octanol–water partition coefficient (Wildman–Crippen LogP) is 3.81. The highest BCUT2D eigenvalue weighted by molar-refractivity contribution is 14.1.